The molecule has 0 heterocycles. The molecule has 0 spiro atoms. The molecule has 0 saturated heterocycles. The first kappa shape index (κ1) is 22.3. The summed E-state index contributed by atoms with van der Waals surface area (Å²) in [4.78, 5) is 23.4. The van der Waals surface area contributed by atoms with Crippen molar-refractivity contribution < 1.29 is 14.3 Å². The lowest BCUT2D eigenvalue weighted by molar-refractivity contribution is -0.114. The molecule has 0 fully saturated rings. The first-order chi connectivity index (χ1) is 14.9. The van der Waals surface area contributed by atoms with E-state index in [0.29, 0.717) is 33.7 Å². The number of hydrogen-bond donors (Lipinski definition) is 2. The predicted octanol–water partition coefficient (Wildman–Crippen LogP) is 5.29. The molecule has 3 aromatic rings. The van der Waals surface area contributed by atoms with Gasteiger partial charge in [0.05, 0.1) is 6.21 Å². The number of carbonyl (C=O) groups is 2. The Kier molecular flexibility index (Phi) is 7.65. The Bertz CT molecular complexity index is 1120. The van der Waals surface area contributed by atoms with E-state index < -0.39 is 0 Å². The minimum atomic E-state index is -0.386. The fraction of sp³-hybridized carbons (Fsp3) is 0.0870. The van der Waals surface area contributed by atoms with Gasteiger partial charge in [-0.25, -0.2) is 5.43 Å². The third-order valence-corrected chi connectivity index (χ3v) is 4.70. The Morgan fingerprint density at radius 1 is 1.03 bits per heavy atom. The highest BCUT2D eigenvalue weighted by molar-refractivity contribution is 6.35. The monoisotopic (exact) mass is 455 g/mol. The number of nitrogens with one attached hydrogen (secondary N) is 2. The van der Waals surface area contributed by atoms with Crippen LogP contribution in [-0.4, -0.2) is 18.0 Å². The number of hydrogen-bond acceptors (Lipinski definition) is 4. The number of amides is 2. The molecule has 0 aliphatic heterocycles. The Morgan fingerprint density at radius 3 is 2.52 bits per heavy atom. The molecule has 2 amide bonds. The van der Waals surface area contributed by atoms with Crippen LogP contribution in [0.15, 0.2) is 71.8 Å². The lowest BCUT2D eigenvalue weighted by atomic mass is 10.2. The molecule has 3 aromatic carbocycles. The SMILES string of the molecule is CC(=O)Nc1cccc(C(=O)N/N=C\c2ccc(OCc3ccc(Cl)cc3Cl)cc2)c1. The van der Waals surface area contributed by atoms with Gasteiger partial charge in [0.15, 0.2) is 0 Å². The van der Waals surface area contributed by atoms with E-state index in [1.54, 1.807) is 48.5 Å². The van der Waals surface area contributed by atoms with E-state index in [1.807, 2.05) is 18.2 Å². The van der Waals surface area contributed by atoms with E-state index >= 15 is 0 Å². The molecule has 0 unspecified atom stereocenters. The molecule has 3 rings (SSSR count). The van der Waals surface area contributed by atoms with Crippen LogP contribution in [0.4, 0.5) is 5.69 Å². The second-order valence-electron chi connectivity index (χ2n) is 6.55. The molecule has 0 aliphatic carbocycles. The number of anilines is 1. The summed E-state index contributed by atoms with van der Waals surface area (Å²) in [6.07, 6.45) is 1.52. The molecule has 158 valence electrons. The van der Waals surface area contributed by atoms with Crippen LogP contribution in [0.25, 0.3) is 0 Å². The van der Waals surface area contributed by atoms with Gasteiger partial charge in [-0.3, -0.25) is 9.59 Å². The maximum atomic E-state index is 12.2. The van der Waals surface area contributed by atoms with Crippen LogP contribution >= 0.6 is 23.2 Å². The average Bonchev–Trinajstić information content (AvgIpc) is 2.74. The topological polar surface area (TPSA) is 79.8 Å². The van der Waals surface area contributed by atoms with Gasteiger partial charge in [-0.05, 0) is 60.2 Å². The van der Waals surface area contributed by atoms with E-state index in [0.717, 1.165) is 11.1 Å². The largest absolute Gasteiger partial charge is 0.489 e. The van der Waals surface area contributed by atoms with E-state index in [-0.39, 0.29) is 11.8 Å². The highest BCUT2D eigenvalue weighted by atomic mass is 35.5. The molecule has 31 heavy (non-hydrogen) atoms. The normalized spacial score (nSPS) is 10.7. The van der Waals surface area contributed by atoms with Crippen LogP contribution in [0, 0.1) is 0 Å². The third kappa shape index (κ3) is 6.84. The van der Waals surface area contributed by atoms with Crippen LogP contribution in [-0.2, 0) is 11.4 Å². The molecule has 0 bridgehead atoms. The molecular formula is C23H19Cl2N3O3. The van der Waals surface area contributed by atoms with Crippen LogP contribution < -0.4 is 15.5 Å². The molecule has 0 radical (unpaired) electrons. The lowest BCUT2D eigenvalue weighted by Gasteiger charge is -2.08. The maximum absolute atomic E-state index is 12.2. The van der Waals surface area contributed by atoms with E-state index in [2.05, 4.69) is 15.8 Å². The molecule has 6 nitrogen and oxygen atoms in total. The molecular weight excluding hydrogens is 437 g/mol. The molecule has 0 aromatic heterocycles. The summed E-state index contributed by atoms with van der Waals surface area (Å²) in [5.74, 6) is 0.0736. The summed E-state index contributed by atoms with van der Waals surface area (Å²) in [6.45, 7) is 1.72. The first-order valence-corrected chi connectivity index (χ1v) is 10.0. The zero-order valence-electron chi connectivity index (χ0n) is 16.6. The fourth-order valence-corrected chi connectivity index (χ4v) is 3.08. The van der Waals surface area contributed by atoms with E-state index in [9.17, 15) is 9.59 Å². The summed E-state index contributed by atoms with van der Waals surface area (Å²) in [6, 6.07) is 19.1. The molecule has 0 atom stereocenters. The summed E-state index contributed by atoms with van der Waals surface area (Å²) in [5, 5.41) is 7.72. The Balaban J connectivity index is 1.53. The number of ether oxygens (including phenoxy) is 1. The van der Waals surface area contributed by atoms with Gasteiger partial charge in [0, 0.05) is 33.8 Å². The zero-order chi connectivity index (χ0) is 22.2. The number of benzene rings is 3. The Labute approximate surface area is 189 Å². The highest BCUT2D eigenvalue weighted by Crippen LogP contribution is 2.22. The van der Waals surface area contributed by atoms with Crippen molar-refractivity contribution in [2.75, 3.05) is 5.32 Å². The summed E-state index contributed by atoms with van der Waals surface area (Å²) in [5.41, 5.74) is 5.00. The van der Waals surface area contributed by atoms with Crippen molar-refractivity contribution in [3.63, 3.8) is 0 Å². The van der Waals surface area contributed by atoms with Crippen molar-refractivity contribution in [2.24, 2.45) is 5.10 Å². The van der Waals surface area contributed by atoms with Gasteiger partial charge in [0.2, 0.25) is 5.91 Å². The Morgan fingerprint density at radius 2 is 1.81 bits per heavy atom. The predicted molar refractivity (Wildman–Crippen MR) is 123 cm³/mol. The quantitative estimate of drug-likeness (QED) is 0.374. The third-order valence-electron chi connectivity index (χ3n) is 4.11. The van der Waals surface area contributed by atoms with Gasteiger partial charge in [-0.15, -0.1) is 0 Å². The van der Waals surface area contributed by atoms with Crippen LogP contribution in [0.5, 0.6) is 5.75 Å². The smallest absolute Gasteiger partial charge is 0.271 e. The summed E-state index contributed by atoms with van der Waals surface area (Å²) in [7, 11) is 0. The number of carbonyl (C=O) groups excluding carboxylic acids is 2. The maximum Gasteiger partial charge on any atom is 0.271 e. The molecule has 2 N–H and O–H groups in total. The number of hydrazone groups is 1. The number of rotatable bonds is 7. The van der Waals surface area contributed by atoms with Crippen molar-refractivity contribution in [3.05, 3.63) is 93.5 Å². The minimum absolute atomic E-state index is 0.209. The first-order valence-electron chi connectivity index (χ1n) is 9.28. The van der Waals surface area contributed by atoms with Crippen molar-refractivity contribution in [3.8, 4) is 5.75 Å². The van der Waals surface area contributed by atoms with Gasteiger partial charge in [-0.2, -0.15) is 5.10 Å². The van der Waals surface area contributed by atoms with Gasteiger partial charge >= 0.3 is 0 Å². The van der Waals surface area contributed by atoms with Crippen LogP contribution in [0.3, 0.4) is 0 Å². The van der Waals surface area contributed by atoms with Gasteiger partial charge in [-0.1, -0.05) is 35.3 Å². The van der Waals surface area contributed by atoms with Crippen molar-refractivity contribution in [2.45, 2.75) is 13.5 Å². The van der Waals surface area contributed by atoms with Gasteiger partial charge < -0.3 is 10.1 Å². The standard InChI is InChI=1S/C23H19Cl2N3O3/c1-15(29)27-20-4-2-3-17(11-20)23(30)28-26-13-16-5-9-21(10-6-16)31-14-18-7-8-19(24)12-22(18)25/h2-13H,14H2,1H3,(H,27,29)(H,28,30)/b26-13-. The molecule has 8 heteroatoms. The second kappa shape index (κ2) is 10.6. The van der Waals surface area contributed by atoms with E-state index in [4.69, 9.17) is 27.9 Å². The highest BCUT2D eigenvalue weighted by Gasteiger charge is 2.06. The number of halogens is 2. The fourth-order valence-electron chi connectivity index (χ4n) is 2.62. The van der Waals surface area contributed by atoms with Gasteiger partial charge in [0.25, 0.3) is 5.91 Å². The van der Waals surface area contributed by atoms with Crippen LogP contribution in [0.2, 0.25) is 10.0 Å². The average molecular weight is 456 g/mol. The zero-order valence-corrected chi connectivity index (χ0v) is 18.1. The van der Waals surface area contributed by atoms with Gasteiger partial charge in [0.1, 0.15) is 12.4 Å². The molecule has 0 saturated carbocycles. The van der Waals surface area contributed by atoms with Crippen LogP contribution in [0.1, 0.15) is 28.4 Å². The molecule has 0 aliphatic rings. The second-order valence-corrected chi connectivity index (χ2v) is 7.40. The lowest BCUT2D eigenvalue weighted by Crippen LogP contribution is -2.18. The minimum Gasteiger partial charge on any atom is -0.489 e. The Hall–Kier alpha value is -3.35. The van der Waals surface area contributed by atoms with Crippen molar-refractivity contribution >= 4 is 46.9 Å². The number of nitrogens with zero attached hydrogens (tertiary/aromatic N) is 1. The van der Waals surface area contributed by atoms with E-state index in [1.165, 1.54) is 13.1 Å². The summed E-state index contributed by atoms with van der Waals surface area (Å²) < 4.78 is 5.74. The van der Waals surface area contributed by atoms with Crippen molar-refractivity contribution in [1.29, 1.82) is 0 Å². The van der Waals surface area contributed by atoms with Crippen molar-refractivity contribution in [1.82, 2.24) is 5.43 Å². The summed E-state index contributed by atoms with van der Waals surface area (Å²) >= 11 is 12.0.